The van der Waals surface area contributed by atoms with Gasteiger partial charge in [-0.3, -0.25) is 4.79 Å². The third-order valence-corrected chi connectivity index (χ3v) is 3.26. The number of carbonyl (C=O) groups excluding carboxylic acids is 2. The van der Waals surface area contributed by atoms with Gasteiger partial charge in [0, 0.05) is 11.1 Å². The minimum atomic E-state index is -1.51. The molecule has 2 aromatic carbocycles. The second-order valence-electron chi connectivity index (χ2n) is 4.78. The summed E-state index contributed by atoms with van der Waals surface area (Å²) in [7, 11) is 1.07. The van der Waals surface area contributed by atoms with Gasteiger partial charge in [-0.25, -0.2) is 13.6 Å². The van der Waals surface area contributed by atoms with Crippen LogP contribution in [0.1, 0.15) is 27.5 Å². The number of amides is 1. The number of hydrogen-bond acceptors (Lipinski definition) is 4. The molecule has 0 aromatic heterocycles. The zero-order valence-corrected chi connectivity index (χ0v) is 12.5. The zero-order valence-electron chi connectivity index (χ0n) is 12.5. The Hall–Kier alpha value is -3.27. The maximum atomic E-state index is 13.9. The number of hydrogen-bond donors (Lipinski definition) is 1. The number of nitrogens with one attached hydrogen (secondary N) is 1. The van der Waals surface area contributed by atoms with E-state index >= 15 is 0 Å². The summed E-state index contributed by atoms with van der Waals surface area (Å²) in [5.74, 6) is -3.25. The van der Waals surface area contributed by atoms with Crippen molar-refractivity contribution >= 4 is 11.9 Å². The molecule has 0 fully saturated rings. The smallest absolute Gasteiger partial charge is 0.333 e. The molecule has 1 atom stereocenters. The lowest BCUT2D eigenvalue weighted by molar-refractivity contribution is -0.143. The topological polar surface area (TPSA) is 79.2 Å². The Balaban J connectivity index is 2.32. The predicted molar refractivity (Wildman–Crippen MR) is 79.7 cm³/mol. The van der Waals surface area contributed by atoms with E-state index in [4.69, 9.17) is 5.26 Å². The van der Waals surface area contributed by atoms with E-state index in [0.29, 0.717) is 5.56 Å². The Morgan fingerprint density at radius 3 is 2.42 bits per heavy atom. The number of methoxy groups -OCH3 is 1. The van der Waals surface area contributed by atoms with E-state index < -0.39 is 29.6 Å². The fraction of sp³-hybridized carbons (Fsp3) is 0.118. The van der Waals surface area contributed by atoms with Crippen LogP contribution < -0.4 is 5.32 Å². The third-order valence-electron chi connectivity index (χ3n) is 3.26. The van der Waals surface area contributed by atoms with Gasteiger partial charge < -0.3 is 10.1 Å². The molecule has 0 saturated heterocycles. The molecule has 0 unspecified atom stereocenters. The van der Waals surface area contributed by atoms with E-state index in [1.165, 1.54) is 24.3 Å². The molecule has 0 saturated carbocycles. The first-order chi connectivity index (χ1) is 11.5. The number of rotatable bonds is 4. The van der Waals surface area contributed by atoms with Gasteiger partial charge in [0.2, 0.25) is 0 Å². The molecule has 0 radical (unpaired) electrons. The molecule has 0 aliphatic rings. The molecule has 0 bridgehead atoms. The van der Waals surface area contributed by atoms with Crippen molar-refractivity contribution < 1.29 is 23.1 Å². The molecule has 7 heteroatoms. The summed E-state index contributed by atoms with van der Waals surface area (Å²) >= 11 is 0. The van der Waals surface area contributed by atoms with Gasteiger partial charge in [-0.1, -0.05) is 0 Å². The quantitative estimate of drug-likeness (QED) is 0.874. The van der Waals surface area contributed by atoms with Gasteiger partial charge in [0.1, 0.15) is 11.6 Å². The van der Waals surface area contributed by atoms with Crippen LogP contribution in [-0.2, 0) is 9.53 Å². The molecule has 122 valence electrons. The molecule has 0 heterocycles. The number of benzene rings is 2. The highest BCUT2D eigenvalue weighted by molar-refractivity contribution is 5.97. The van der Waals surface area contributed by atoms with E-state index in [2.05, 4.69) is 10.1 Å². The molecule has 5 nitrogen and oxygen atoms in total. The second kappa shape index (κ2) is 7.33. The number of nitrogens with zero attached hydrogens (tertiary/aromatic N) is 1. The van der Waals surface area contributed by atoms with Crippen molar-refractivity contribution in [2.75, 3.05) is 7.11 Å². The average molecular weight is 330 g/mol. The number of ether oxygens (including phenoxy) is 1. The first-order valence-electron chi connectivity index (χ1n) is 6.80. The van der Waals surface area contributed by atoms with E-state index in [-0.39, 0.29) is 11.1 Å². The SMILES string of the molecule is COC(=O)[C@@H](NC(=O)c1ccc(C#N)cc1)c1cc(F)ccc1F. The lowest BCUT2D eigenvalue weighted by Crippen LogP contribution is -2.35. The van der Waals surface area contributed by atoms with Gasteiger partial charge in [0.15, 0.2) is 6.04 Å². The molecule has 2 rings (SSSR count). The lowest BCUT2D eigenvalue weighted by atomic mass is 10.0. The zero-order chi connectivity index (χ0) is 17.7. The van der Waals surface area contributed by atoms with Gasteiger partial charge >= 0.3 is 5.97 Å². The maximum Gasteiger partial charge on any atom is 0.333 e. The van der Waals surface area contributed by atoms with Crippen LogP contribution in [0, 0.1) is 23.0 Å². The highest BCUT2D eigenvalue weighted by Crippen LogP contribution is 2.20. The highest BCUT2D eigenvalue weighted by Gasteiger charge is 2.27. The van der Waals surface area contributed by atoms with Crippen molar-refractivity contribution in [3.05, 3.63) is 70.8 Å². The van der Waals surface area contributed by atoms with Crippen molar-refractivity contribution in [3.8, 4) is 6.07 Å². The van der Waals surface area contributed by atoms with Crippen molar-refractivity contribution in [2.45, 2.75) is 6.04 Å². The molecule has 2 aromatic rings. The van der Waals surface area contributed by atoms with Crippen LogP contribution in [-0.4, -0.2) is 19.0 Å². The predicted octanol–water partition coefficient (Wildman–Crippen LogP) is 2.48. The molecular weight excluding hydrogens is 318 g/mol. The first-order valence-corrected chi connectivity index (χ1v) is 6.80. The summed E-state index contributed by atoms with van der Waals surface area (Å²) in [6.45, 7) is 0. The maximum absolute atomic E-state index is 13.9. The Kier molecular flexibility index (Phi) is 5.22. The van der Waals surface area contributed by atoms with Crippen LogP contribution >= 0.6 is 0 Å². The summed E-state index contributed by atoms with van der Waals surface area (Å²) in [6.07, 6.45) is 0. The standard InChI is InChI=1S/C17H12F2N2O3/c1-24-17(23)15(13-8-12(18)6-7-14(13)19)21-16(22)11-4-2-10(9-20)3-5-11/h2-8,15H,1H3,(H,21,22)/t15-/m0/s1. The van der Waals surface area contributed by atoms with Crippen LogP contribution in [0.25, 0.3) is 0 Å². The lowest BCUT2D eigenvalue weighted by Gasteiger charge is -2.17. The van der Waals surface area contributed by atoms with Crippen LogP contribution in [0.4, 0.5) is 8.78 Å². The van der Waals surface area contributed by atoms with E-state index in [9.17, 15) is 18.4 Å². The van der Waals surface area contributed by atoms with Gasteiger partial charge in [-0.05, 0) is 42.5 Å². The largest absolute Gasteiger partial charge is 0.467 e. The Labute approximate surface area is 136 Å². The second-order valence-corrected chi connectivity index (χ2v) is 4.78. The number of esters is 1. The molecular formula is C17H12F2N2O3. The molecule has 0 aliphatic heterocycles. The molecule has 0 aliphatic carbocycles. The number of nitriles is 1. The normalized spacial score (nSPS) is 11.2. The molecule has 1 amide bonds. The monoisotopic (exact) mass is 330 g/mol. The number of halogens is 2. The van der Waals surface area contributed by atoms with Gasteiger partial charge in [0.05, 0.1) is 18.7 Å². The third kappa shape index (κ3) is 3.73. The van der Waals surface area contributed by atoms with Crippen LogP contribution in [0.2, 0.25) is 0 Å². The van der Waals surface area contributed by atoms with Gasteiger partial charge in [-0.2, -0.15) is 5.26 Å². The van der Waals surface area contributed by atoms with Crippen LogP contribution in [0.5, 0.6) is 0 Å². The molecule has 0 spiro atoms. The van der Waals surface area contributed by atoms with E-state index in [1.807, 2.05) is 6.07 Å². The summed E-state index contributed by atoms with van der Waals surface area (Å²) in [6, 6.07) is 8.57. The summed E-state index contributed by atoms with van der Waals surface area (Å²) < 4.78 is 31.8. The van der Waals surface area contributed by atoms with E-state index in [1.54, 1.807) is 0 Å². The first kappa shape index (κ1) is 17.1. The summed E-state index contributed by atoms with van der Waals surface area (Å²) in [5, 5.41) is 11.0. The van der Waals surface area contributed by atoms with Crippen molar-refractivity contribution in [3.63, 3.8) is 0 Å². The fourth-order valence-corrected chi connectivity index (χ4v) is 2.03. The van der Waals surface area contributed by atoms with Crippen molar-refractivity contribution in [2.24, 2.45) is 0 Å². The minimum absolute atomic E-state index is 0.153. The number of carbonyl (C=O) groups is 2. The van der Waals surface area contributed by atoms with Gasteiger partial charge in [0.25, 0.3) is 5.91 Å². The van der Waals surface area contributed by atoms with Crippen LogP contribution in [0.15, 0.2) is 42.5 Å². The van der Waals surface area contributed by atoms with E-state index in [0.717, 1.165) is 25.3 Å². The molecule has 24 heavy (non-hydrogen) atoms. The van der Waals surface area contributed by atoms with Gasteiger partial charge in [-0.15, -0.1) is 0 Å². The Bertz CT molecular complexity index is 814. The van der Waals surface area contributed by atoms with Crippen molar-refractivity contribution in [1.29, 1.82) is 5.26 Å². The summed E-state index contributed by atoms with van der Waals surface area (Å²) in [4.78, 5) is 24.1. The highest BCUT2D eigenvalue weighted by atomic mass is 19.1. The van der Waals surface area contributed by atoms with Crippen molar-refractivity contribution in [1.82, 2.24) is 5.32 Å². The Morgan fingerprint density at radius 2 is 1.83 bits per heavy atom. The molecule has 1 N–H and O–H groups in total. The Morgan fingerprint density at radius 1 is 1.17 bits per heavy atom. The average Bonchev–Trinajstić information content (AvgIpc) is 2.61. The van der Waals surface area contributed by atoms with Crippen LogP contribution in [0.3, 0.4) is 0 Å². The minimum Gasteiger partial charge on any atom is -0.467 e. The summed E-state index contributed by atoms with van der Waals surface area (Å²) in [5.41, 5.74) is 0.163. The fourth-order valence-electron chi connectivity index (χ4n) is 2.03.